The fraction of sp³-hybridized carbons (Fsp3) is 0.500. The van der Waals surface area contributed by atoms with Crippen molar-refractivity contribution in [1.29, 1.82) is 0 Å². The molecule has 0 aromatic heterocycles. The summed E-state index contributed by atoms with van der Waals surface area (Å²) in [6.45, 7) is 1.10. The number of amides is 2. The predicted molar refractivity (Wildman–Crippen MR) is 136 cm³/mol. The second kappa shape index (κ2) is 12.1. The highest BCUT2D eigenvalue weighted by Gasteiger charge is 2.45. The summed E-state index contributed by atoms with van der Waals surface area (Å²) in [7, 11) is 1.60. The van der Waals surface area contributed by atoms with Crippen molar-refractivity contribution in [2.45, 2.75) is 69.4 Å². The quantitative estimate of drug-likeness (QED) is 0.452. The van der Waals surface area contributed by atoms with Gasteiger partial charge in [0.25, 0.3) is 5.91 Å². The van der Waals surface area contributed by atoms with E-state index in [9.17, 15) is 9.59 Å². The maximum Gasteiger partial charge on any atom is 0.343 e. The van der Waals surface area contributed by atoms with Gasteiger partial charge in [0.05, 0.1) is 18.8 Å². The van der Waals surface area contributed by atoms with Crippen LogP contribution in [-0.2, 0) is 4.79 Å². The van der Waals surface area contributed by atoms with E-state index in [-0.39, 0.29) is 11.8 Å². The summed E-state index contributed by atoms with van der Waals surface area (Å²) < 4.78 is 11.2. The molecule has 7 nitrogen and oxygen atoms in total. The van der Waals surface area contributed by atoms with E-state index in [4.69, 9.17) is 9.47 Å². The summed E-state index contributed by atoms with van der Waals surface area (Å²) in [5, 5.41) is 8.08. The van der Waals surface area contributed by atoms with Crippen molar-refractivity contribution < 1.29 is 24.4 Å². The molecule has 4 N–H and O–H groups in total. The molecule has 0 heterocycles. The highest BCUT2D eigenvalue weighted by atomic mass is 16.5. The summed E-state index contributed by atoms with van der Waals surface area (Å²) in [4.78, 5) is 26.2. The summed E-state index contributed by atoms with van der Waals surface area (Å²) in [6, 6.07) is 15.1. The lowest BCUT2D eigenvalue weighted by Crippen LogP contribution is -3.02. The van der Waals surface area contributed by atoms with Crippen LogP contribution in [0.2, 0.25) is 0 Å². The highest BCUT2D eigenvalue weighted by Crippen LogP contribution is 2.26. The molecule has 0 saturated heterocycles. The Morgan fingerprint density at radius 1 is 0.886 bits per heavy atom. The Hall–Kier alpha value is -3.06. The number of nitrogens with one attached hydrogen (secondary N) is 2. The van der Waals surface area contributed by atoms with Gasteiger partial charge in [-0.3, -0.25) is 10.1 Å². The molecule has 35 heavy (non-hydrogen) atoms. The number of nitrogens with two attached hydrogens (primary N) is 1. The maximum absolute atomic E-state index is 13.2. The van der Waals surface area contributed by atoms with Gasteiger partial charge in [-0.05, 0) is 87.1 Å². The van der Waals surface area contributed by atoms with E-state index in [0.717, 1.165) is 43.5 Å². The van der Waals surface area contributed by atoms with Crippen LogP contribution < -0.4 is 25.4 Å². The normalized spacial score (nSPS) is 17.5. The number of carbonyl (C=O) groups excluding carboxylic acids is 2. The number of hydrogen-bond acceptors (Lipinski definition) is 5. The number of quaternary nitrogens is 1. The van der Waals surface area contributed by atoms with Crippen LogP contribution in [0.15, 0.2) is 48.5 Å². The summed E-state index contributed by atoms with van der Waals surface area (Å²) in [5.74, 6) is 1.45. The lowest BCUT2D eigenvalue weighted by Gasteiger charge is -2.32. The van der Waals surface area contributed by atoms with E-state index in [1.54, 1.807) is 36.7 Å². The lowest BCUT2D eigenvalue weighted by atomic mass is 9.80. The Morgan fingerprint density at radius 2 is 1.54 bits per heavy atom. The van der Waals surface area contributed by atoms with Crippen LogP contribution in [0, 0.1) is 0 Å². The molecule has 2 aromatic carbocycles. The minimum atomic E-state index is -0.742. The fourth-order valence-corrected chi connectivity index (χ4v) is 5.12. The van der Waals surface area contributed by atoms with Crippen molar-refractivity contribution in [3.8, 4) is 11.5 Å². The first-order valence-electron chi connectivity index (χ1n) is 12.9. The summed E-state index contributed by atoms with van der Waals surface area (Å²) >= 11 is 0. The van der Waals surface area contributed by atoms with Gasteiger partial charge in [-0.25, -0.2) is 4.79 Å². The standard InChI is InChI=1S/C28H37N3O4/c1-34-23-13-9-21(10-14-23)26(32)31-28(17-5-2-6-18-28)27(33)30-20-19-29-22-11-15-25(16-12-22)35-24-7-3-4-8-24/h9-16,24,29H,2-8,17-20H2,1H3,(H,30,33)(H,31,32)/p+1. The molecule has 0 atom stereocenters. The van der Waals surface area contributed by atoms with Gasteiger partial charge in [-0.2, -0.15) is 0 Å². The van der Waals surface area contributed by atoms with Crippen molar-refractivity contribution in [2.24, 2.45) is 0 Å². The van der Waals surface area contributed by atoms with Crippen LogP contribution in [0.1, 0.15) is 68.1 Å². The van der Waals surface area contributed by atoms with Gasteiger partial charge in [-0.1, -0.05) is 6.42 Å². The minimum Gasteiger partial charge on any atom is -0.497 e. The van der Waals surface area contributed by atoms with Gasteiger partial charge in [0.15, 0.2) is 5.54 Å². The first-order valence-corrected chi connectivity index (χ1v) is 12.9. The average molecular weight is 481 g/mol. The van der Waals surface area contributed by atoms with Crippen LogP contribution in [0.3, 0.4) is 0 Å². The van der Waals surface area contributed by atoms with Crippen molar-refractivity contribution >= 4 is 17.5 Å². The first kappa shape index (κ1) is 25.0. The molecule has 4 rings (SSSR count). The predicted octanol–water partition coefficient (Wildman–Crippen LogP) is 3.65. The SMILES string of the molecule is COc1ccc(C(=O)[NH2+]C2(C(=O)NCCNc3ccc(OC4CCCC4)cc3)CCCCC2)cc1. The number of hydrogen-bond donors (Lipinski definition) is 3. The minimum absolute atomic E-state index is 0.0545. The molecule has 2 aromatic rings. The maximum atomic E-state index is 13.2. The van der Waals surface area contributed by atoms with Crippen LogP contribution in [0.4, 0.5) is 5.69 Å². The van der Waals surface area contributed by atoms with Gasteiger partial charge in [0, 0.05) is 31.6 Å². The number of benzene rings is 2. The molecule has 2 saturated carbocycles. The van der Waals surface area contributed by atoms with Crippen LogP contribution in [-0.4, -0.2) is 43.7 Å². The molecule has 0 unspecified atom stereocenters. The molecule has 2 fully saturated rings. The van der Waals surface area contributed by atoms with E-state index >= 15 is 0 Å². The second-order valence-electron chi connectivity index (χ2n) is 9.69. The average Bonchev–Trinajstić information content (AvgIpc) is 3.41. The van der Waals surface area contributed by atoms with Crippen LogP contribution in [0.25, 0.3) is 0 Å². The number of rotatable bonds is 10. The Morgan fingerprint density at radius 3 is 2.20 bits per heavy atom. The van der Waals surface area contributed by atoms with Crippen molar-refractivity contribution in [1.82, 2.24) is 5.32 Å². The van der Waals surface area contributed by atoms with E-state index in [2.05, 4.69) is 10.6 Å². The fourth-order valence-electron chi connectivity index (χ4n) is 5.12. The molecule has 7 heteroatoms. The van der Waals surface area contributed by atoms with Gasteiger partial charge in [0.2, 0.25) is 0 Å². The molecule has 0 aliphatic heterocycles. The Kier molecular flexibility index (Phi) is 8.64. The smallest absolute Gasteiger partial charge is 0.343 e. The zero-order valence-corrected chi connectivity index (χ0v) is 20.7. The monoisotopic (exact) mass is 480 g/mol. The highest BCUT2D eigenvalue weighted by molar-refractivity contribution is 5.91. The second-order valence-corrected chi connectivity index (χ2v) is 9.69. The van der Waals surface area contributed by atoms with E-state index in [0.29, 0.717) is 43.3 Å². The lowest BCUT2D eigenvalue weighted by molar-refractivity contribution is -0.625. The van der Waals surface area contributed by atoms with E-state index in [1.807, 2.05) is 24.3 Å². The molecule has 2 aliphatic carbocycles. The number of ether oxygens (including phenoxy) is 2. The largest absolute Gasteiger partial charge is 0.497 e. The number of carbonyl (C=O) groups is 2. The molecule has 188 valence electrons. The molecular formula is C28H38N3O4+. The molecule has 2 amide bonds. The van der Waals surface area contributed by atoms with Crippen LogP contribution in [0.5, 0.6) is 11.5 Å². The molecule has 2 aliphatic rings. The summed E-state index contributed by atoms with van der Waals surface area (Å²) in [6.07, 6.45) is 9.56. The van der Waals surface area contributed by atoms with Gasteiger partial charge in [0.1, 0.15) is 11.5 Å². The number of anilines is 1. The van der Waals surface area contributed by atoms with Gasteiger partial charge >= 0.3 is 5.91 Å². The molecular weight excluding hydrogens is 442 g/mol. The summed E-state index contributed by atoms with van der Waals surface area (Å²) in [5.41, 5.74) is 0.825. The third-order valence-corrected chi connectivity index (χ3v) is 7.18. The van der Waals surface area contributed by atoms with Crippen molar-refractivity contribution in [3.63, 3.8) is 0 Å². The number of primary amides is 1. The van der Waals surface area contributed by atoms with Gasteiger partial charge < -0.3 is 20.1 Å². The van der Waals surface area contributed by atoms with E-state index in [1.165, 1.54) is 12.8 Å². The van der Waals surface area contributed by atoms with Crippen molar-refractivity contribution in [2.75, 3.05) is 25.5 Å². The van der Waals surface area contributed by atoms with Crippen LogP contribution >= 0.6 is 0 Å². The Balaban J connectivity index is 1.26. The Bertz CT molecular complexity index is 963. The molecule has 0 radical (unpaired) electrons. The van der Waals surface area contributed by atoms with E-state index < -0.39 is 5.54 Å². The topological polar surface area (TPSA) is 93.3 Å². The molecule has 0 bridgehead atoms. The van der Waals surface area contributed by atoms with Gasteiger partial charge in [-0.15, -0.1) is 0 Å². The zero-order chi connectivity index (χ0) is 24.5. The third kappa shape index (κ3) is 6.75. The number of methoxy groups -OCH3 is 1. The Labute approximate surface area is 208 Å². The zero-order valence-electron chi connectivity index (χ0n) is 20.7. The van der Waals surface area contributed by atoms with Crippen molar-refractivity contribution in [3.05, 3.63) is 54.1 Å². The first-order chi connectivity index (χ1) is 17.1. The molecule has 0 spiro atoms. The third-order valence-electron chi connectivity index (χ3n) is 7.18.